The lowest BCUT2D eigenvalue weighted by atomic mass is 9.82. The number of nitrogens with zero attached hydrogens (tertiary/aromatic N) is 9. The van der Waals surface area contributed by atoms with Crippen molar-refractivity contribution >= 4 is 40.3 Å². The van der Waals surface area contributed by atoms with Crippen molar-refractivity contribution in [2.45, 2.75) is 121 Å². The number of carbonyl (C=O) groups excluding carboxylic acids is 2. The van der Waals surface area contributed by atoms with Crippen LogP contribution >= 0.6 is 11.3 Å². The molecule has 1 aliphatic carbocycles. The maximum Gasteiger partial charge on any atom is 0.254 e. The van der Waals surface area contributed by atoms with Crippen LogP contribution in [0, 0.1) is 30.6 Å². The van der Waals surface area contributed by atoms with Crippen LogP contribution in [0.5, 0.6) is 11.6 Å². The predicted molar refractivity (Wildman–Crippen MR) is 298 cm³/mol. The summed E-state index contributed by atoms with van der Waals surface area (Å²) in [7, 11) is 0. The van der Waals surface area contributed by atoms with E-state index in [1.165, 1.54) is 4.90 Å². The number of nitrogens with two attached hydrogens (primary N) is 1. The van der Waals surface area contributed by atoms with Gasteiger partial charge in [0.15, 0.2) is 11.6 Å². The molecule has 0 radical (unpaired) electrons. The fourth-order valence-corrected chi connectivity index (χ4v) is 12.8. The summed E-state index contributed by atoms with van der Waals surface area (Å²) in [6.07, 6.45) is 7.52. The van der Waals surface area contributed by atoms with Gasteiger partial charge in [0.2, 0.25) is 11.8 Å². The number of β-amino-alcohol motifs (C(OH)–C–C–N with tert-alkyl or cyclic N) is 1. The van der Waals surface area contributed by atoms with E-state index in [0.717, 1.165) is 103 Å². The number of hydrogen-bond acceptors (Lipinski definition) is 17. The lowest BCUT2D eigenvalue weighted by Gasteiger charge is -2.43. The molecule has 18 nitrogen and oxygen atoms in total. The first kappa shape index (κ1) is 52.9. The molecule has 11 rings (SSSR count). The van der Waals surface area contributed by atoms with E-state index in [1.54, 1.807) is 29.5 Å². The largest absolute Gasteiger partial charge is 0.507 e. The molecule has 5 aliphatic rings. The van der Waals surface area contributed by atoms with E-state index < -0.39 is 18.1 Å². The third kappa shape index (κ3) is 11.5. The number of piperidine rings is 1. The molecule has 0 spiro atoms. The van der Waals surface area contributed by atoms with Crippen molar-refractivity contribution < 1.29 is 33.8 Å². The molecule has 2 amide bonds. The van der Waals surface area contributed by atoms with Gasteiger partial charge in [0.1, 0.15) is 30.0 Å². The minimum absolute atomic E-state index is 0.0547. The van der Waals surface area contributed by atoms with Crippen molar-refractivity contribution in [2.75, 3.05) is 61.4 Å². The third-order valence-corrected chi connectivity index (χ3v) is 17.3. The first-order valence-corrected chi connectivity index (χ1v) is 28.4. The minimum atomic E-state index is -0.828. The highest BCUT2D eigenvalue weighted by molar-refractivity contribution is 7.13. The SMILES string of the molecule is Cc1ncsc1-c1ccc([C@H](C)NC(=O)[C@@H]2C[C@@H](O)CN2C(=O)[C@@H](c2cc(OCCN3CCC(OC4CC(C#Cc5cc(N6C7CC[C@@H]6CN(c6cc(-c8ccccc8O)nnc6N)C7)ccn5)C4)CC3)no2)C(C)C)cc1. The van der Waals surface area contributed by atoms with Crippen LogP contribution in [0.15, 0.2) is 89.0 Å². The number of thiazole rings is 1. The van der Waals surface area contributed by atoms with Crippen LogP contribution in [0.4, 0.5) is 17.2 Å². The van der Waals surface area contributed by atoms with E-state index in [0.29, 0.717) is 54.0 Å². The molecule has 78 heavy (non-hydrogen) atoms. The number of phenols is 1. The number of benzene rings is 2. The monoisotopic (exact) mass is 1080 g/mol. The number of phenolic OH excluding ortho intramolecular Hbond substituents is 1. The van der Waals surface area contributed by atoms with Gasteiger partial charge >= 0.3 is 0 Å². The van der Waals surface area contributed by atoms with Gasteiger partial charge in [-0.05, 0) is 111 Å². The predicted octanol–water partition coefficient (Wildman–Crippen LogP) is 7.37. The molecular weight excluding hydrogens is 1010 g/mol. The van der Waals surface area contributed by atoms with Crippen molar-refractivity contribution in [3.8, 4) is 45.2 Å². The molecule has 4 aromatic heterocycles. The number of aliphatic hydroxyl groups is 1. The molecule has 408 valence electrons. The number of anilines is 3. The summed E-state index contributed by atoms with van der Waals surface area (Å²) in [5.41, 5.74) is 15.2. The number of fused-ring (bicyclic) bond motifs is 2. The number of para-hydroxylation sites is 1. The molecule has 6 atom stereocenters. The summed E-state index contributed by atoms with van der Waals surface area (Å²) >= 11 is 1.59. The molecule has 4 saturated heterocycles. The molecule has 8 heterocycles. The van der Waals surface area contributed by atoms with E-state index in [-0.39, 0.29) is 60.6 Å². The van der Waals surface area contributed by atoms with Crippen LogP contribution in [-0.2, 0) is 14.3 Å². The number of nitrogen functional groups attached to an aromatic ring is 1. The van der Waals surface area contributed by atoms with E-state index in [2.05, 4.69) is 69.3 Å². The van der Waals surface area contributed by atoms with Gasteiger partial charge < -0.3 is 50.0 Å². The number of aliphatic hydroxyl groups excluding tert-OH is 1. The van der Waals surface area contributed by atoms with Crippen molar-refractivity contribution in [3.63, 3.8) is 0 Å². The lowest BCUT2D eigenvalue weighted by molar-refractivity contribution is -0.141. The van der Waals surface area contributed by atoms with Crippen LogP contribution in [0.2, 0.25) is 0 Å². The number of nitrogens with one attached hydrogen (secondary N) is 1. The van der Waals surface area contributed by atoms with Gasteiger partial charge in [0, 0.05) is 87.2 Å². The summed E-state index contributed by atoms with van der Waals surface area (Å²) < 4.78 is 18.3. The number of carbonyl (C=O) groups is 2. The second-order valence-electron chi connectivity index (χ2n) is 22.0. The Bertz CT molecular complexity index is 3130. The Labute approximate surface area is 459 Å². The average Bonchev–Trinajstić information content (AvgIpc) is 4.35. The van der Waals surface area contributed by atoms with Crippen molar-refractivity contribution in [1.82, 2.24) is 40.4 Å². The first-order chi connectivity index (χ1) is 37.8. The smallest absolute Gasteiger partial charge is 0.254 e. The summed E-state index contributed by atoms with van der Waals surface area (Å²) in [5.74, 6) is 6.87. The van der Waals surface area contributed by atoms with Gasteiger partial charge in [-0.15, -0.1) is 21.5 Å². The number of hydrogen-bond donors (Lipinski definition) is 4. The van der Waals surface area contributed by atoms with Gasteiger partial charge in [-0.1, -0.05) is 56.2 Å². The minimum Gasteiger partial charge on any atom is -0.507 e. The molecule has 2 aromatic carbocycles. The van der Waals surface area contributed by atoms with E-state index >= 15 is 0 Å². The molecule has 2 bridgehead atoms. The highest BCUT2D eigenvalue weighted by atomic mass is 32.1. The van der Waals surface area contributed by atoms with Crippen molar-refractivity contribution in [3.05, 3.63) is 107 Å². The highest BCUT2D eigenvalue weighted by Crippen LogP contribution is 2.40. The van der Waals surface area contributed by atoms with Crippen molar-refractivity contribution in [2.24, 2.45) is 11.8 Å². The van der Waals surface area contributed by atoms with Crippen LogP contribution < -0.4 is 25.6 Å². The summed E-state index contributed by atoms with van der Waals surface area (Å²) in [5, 5.41) is 37.0. The number of pyridine rings is 1. The Morgan fingerprint density at radius 3 is 2.42 bits per heavy atom. The first-order valence-electron chi connectivity index (χ1n) is 27.5. The zero-order valence-electron chi connectivity index (χ0n) is 44.7. The number of likely N-dealkylation sites (tertiary alicyclic amines) is 2. The zero-order valence-corrected chi connectivity index (χ0v) is 45.5. The number of piperazine rings is 1. The van der Waals surface area contributed by atoms with Crippen LogP contribution in [0.1, 0.15) is 100 Å². The van der Waals surface area contributed by atoms with Gasteiger partial charge in [-0.2, -0.15) is 0 Å². The number of aromatic hydroxyl groups is 1. The topological polar surface area (TPSA) is 222 Å². The molecule has 6 aromatic rings. The summed E-state index contributed by atoms with van der Waals surface area (Å²) in [6.45, 7) is 12.4. The normalized spacial score (nSPS) is 23.2. The zero-order chi connectivity index (χ0) is 54.0. The molecular formula is C59H69N11O7S. The van der Waals surface area contributed by atoms with Gasteiger partial charge in [-0.25, -0.2) is 9.97 Å². The standard InChI is InChI=1S/C59H69N11O7S/c1-35(2)55(59(74)69-33-45(71)28-51(69)58(73)63-36(3)39-10-12-40(13-11-39)56-37(4)62-34-78-56)53-30-54(66-77-53)75-24-23-67-21-18-46(19-22-67)76-47-25-38(26-47)9-14-41-27-42(17-20-61-41)70-43-15-16-44(70)32-68(31-43)50-29-49(64-65-57(50)60)48-7-5-6-8-52(48)72/h5-8,10-13,17,20,27,29-30,34-36,38,43-47,51,55,71-72H,15-16,18-19,21-26,28,31-33H2,1-4H3,(H2,60,65)(H,63,73)/t36-,38?,43+,44?,45+,47?,51-,55+/m0/s1. The van der Waals surface area contributed by atoms with E-state index in [9.17, 15) is 19.8 Å². The third-order valence-electron chi connectivity index (χ3n) is 16.3. The number of aromatic nitrogens is 5. The fourth-order valence-electron chi connectivity index (χ4n) is 12.0. The van der Waals surface area contributed by atoms with Gasteiger partial charge in [0.25, 0.3) is 5.88 Å². The van der Waals surface area contributed by atoms with Crippen LogP contribution in [-0.4, -0.2) is 139 Å². The van der Waals surface area contributed by atoms with Crippen LogP contribution in [0.3, 0.4) is 0 Å². The number of rotatable bonds is 16. The Kier molecular flexibility index (Phi) is 15.7. The summed E-state index contributed by atoms with van der Waals surface area (Å²) in [4.78, 5) is 46.8. The van der Waals surface area contributed by atoms with Gasteiger partial charge in [0.05, 0.1) is 51.8 Å². The van der Waals surface area contributed by atoms with Gasteiger partial charge in [-0.3, -0.25) is 14.5 Å². The summed E-state index contributed by atoms with van der Waals surface area (Å²) in [6, 6.07) is 22.5. The Hall–Kier alpha value is -7.11. The maximum absolute atomic E-state index is 14.2. The molecule has 19 heteroatoms. The fraction of sp³-hybridized carbons (Fsp3) is 0.475. The Morgan fingerprint density at radius 2 is 1.69 bits per heavy atom. The van der Waals surface area contributed by atoms with Crippen LogP contribution in [0.25, 0.3) is 21.7 Å². The Balaban J connectivity index is 0.603. The average molecular weight is 1080 g/mol. The lowest BCUT2D eigenvalue weighted by Crippen LogP contribution is -2.54. The highest BCUT2D eigenvalue weighted by Gasteiger charge is 2.44. The molecule has 1 saturated carbocycles. The van der Waals surface area contributed by atoms with Crippen molar-refractivity contribution in [1.29, 1.82) is 0 Å². The molecule has 5 N–H and O–H groups in total. The Morgan fingerprint density at radius 1 is 0.923 bits per heavy atom. The maximum atomic E-state index is 14.2. The molecule has 5 fully saturated rings. The number of aryl methyl sites for hydroxylation is 1. The van der Waals surface area contributed by atoms with E-state index in [1.807, 2.05) is 81.9 Å². The molecule has 4 aliphatic heterocycles. The second-order valence-corrected chi connectivity index (χ2v) is 22.9. The second kappa shape index (κ2) is 23.1. The molecule has 1 unspecified atom stereocenters. The number of ether oxygens (including phenoxy) is 2. The number of amides is 2. The quantitative estimate of drug-likeness (QED) is 0.0695. The van der Waals surface area contributed by atoms with E-state index in [4.69, 9.17) is 19.7 Å².